The highest BCUT2D eigenvalue weighted by molar-refractivity contribution is 5.96. The predicted octanol–water partition coefficient (Wildman–Crippen LogP) is 3.31. The maximum absolute atomic E-state index is 15.1. The highest BCUT2D eigenvalue weighted by atomic mass is 16.5. The molecule has 4 aromatic rings. The highest BCUT2D eigenvalue weighted by Gasteiger charge is 2.46. The largest absolute Gasteiger partial charge is 0.497 e. The van der Waals surface area contributed by atoms with E-state index in [2.05, 4.69) is 10.3 Å². The number of nitrogens with two attached hydrogens (primary N) is 1. The Balaban J connectivity index is 1.35. The van der Waals surface area contributed by atoms with Crippen LogP contribution in [0.1, 0.15) is 37.0 Å². The van der Waals surface area contributed by atoms with Gasteiger partial charge in [-0.15, -0.1) is 0 Å². The van der Waals surface area contributed by atoms with Crippen LogP contribution in [-0.2, 0) is 38.4 Å². The summed E-state index contributed by atoms with van der Waals surface area (Å²) in [5.74, 6) is -0.441. The van der Waals surface area contributed by atoms with E-state index < -0.39 is 30.1 Å². The maximum atomic E-state index is 15.1. The van der Waals surface area contributed by atoms with Gasteiger partial charge < -0.3 is 35.5 Å². The van der Waals surface area contributed by atoms with Gasteiger partial charge in [0.2, 0.25) is 23.6 Å². The van der Waals surface area contributed by atoms with Crippen LogP contribution in [0.15, 0.2) is 85.1 Å². The van der Waals surface area contributed by atoms with E-state index in [1.165, 1.54) is 0 Å². The molecule has 2 fully saturated rings. The van der Waals surface area contributed by atoms with Gasteiger partial charge in [0.05, 0.1) is 13.2 Å². The second-order valence-electron chi connectivity index (χ2n) is 14.0. The van der Waals surface area contributed by atoms with Crippen molar-refractivity contribution in [1.29, 1.82) is 0 Å². The molecule has 11 nitrogen and oxygen atoms in total. The number of carbonyl (C=O) groups is 4. The summed E-state index contributed by atoms with van der Waals surface area (Å²) in [5, 5.41) is 4.35. The molecule has 0 aliphatic carbocycles. The molecular formula is C40H48N6O5. The van der Waals surface area contributed by atoms with Crippen LogP contribution in [0.4, 0.5) is 0 Å². The summed E-state index contributed by atoms with van der Waals surface area (Å²) in [6, 6.07) is 22.1. The van der Waals surface area contributed by atoms with Crippen molar-refractivity contribution in [3.8, 4) is 5.75 Å². The Kier molecular flexibility index (Phi) is 11.1. The van der Waals surface area contributed by atoms with E-state index in [0.717, 1.165) is 33.3 Å². The van der Waals surface area contributed by atoms with E-state index in [1.807, 2.05) is 98.9 Å². The lowest BCUT2D eigenvalue weighted by molar-refractivity contribution is -0.160. The lowest BCUT2D eigenvalue weighted by Crippen LogP contribution is -2.67. The Bertz CT molecular complexity index is 1840. The summed E-state index contributed by atoms with van der Waals surface area (Å²) >= 11 is 0. The summed E-state index contributed by atoms with van der Waals surface area (Å²) in [4.78, 5) is 64.8. The van der Waals surface area contributed by atoms with E-state index >= 15 is 4.79 Å². The van der Waals surface area contributed by atoms with Gasteiger partial charge in [0.25, 0.3) is 0 Å². The fraction of sp³-hybridized carbons (Fsp3) is 0.400. The molecule has 2 saturated heterocycles. The zero-order valence-corrected chi connectivity index (χ0v) is 29.6. The second kappa shape index (κ2) is 15.8. The van der Waals surface area contributed by atoms with Gasteiger partial charge >= 0.3 is 0 Å². The van der Waals surface area contributed by atoms with Crippen LogP contribution < -0.4 is 15.8 Å². The van der Waals surface area contributed by atoms with Crippen LogP contribution in [0.2, 0.25) is 0 Å². The molecule has 4 amide bonds. The van der Waals surface area contributed by atoms with E-state index in [1.54, 1.807) is 21.8 Å². The second-order valence-corrected chi connectivity index (χ2v) is 14.0. The summed E-state index contributed by atoms with van der Waals surface area (Å²) in [6.07, 6.45) is 3.32. The molecule has 268 valence electrons. The average Bonchev–Trinajstić information content (AvgIpc) is 3.54. The number of fused-ring (bicyclic) bond motifs is 1. The number of amides is 4. The average molecular weight is 693 g/mol. The molecule has 11 heteroatoms. The number of primary amides is 1. The van der Waals surface area contributed by atoms with Crippen molar-refractivity contribution < 1.29 is 23.9 Å². The highest BCUT2D eigenvalue weighted by Crippen LogP contribution is 2.27. The zero-order chi connectivity index (χ0) is 36.1. The number of para-hydroxylation sites is 1. The first-order valence-electron chi connectivity index (χ1n) is 17.8. The number of rotatable bonds is 13. The fourth-order valence-corrected chi connectivity index (χ4v) is 7.51. The van der Waals surface area contributed by atoms with Gasteiger partial charge in [-0.05, 0) is 53.6 Å². The Morgan fingerprint density at radius 2 is 1.53 bits per heavy atom. The summed E-state index contributed by atoms with van der Waals surface area (Å²) in [5.41, 5.74) is 9.58. The van der Waals surface area contributed by atoms with Crippen LogP contribution >= 0.6 is 0 Å². The number of aromatic nitrogens is 1. The number of methoxy groups -OCH3 is 1. The molecule has 0 saturated carbocycles. The number of H-pyrrole nitrogens is 1. The first-order chi connectivity index (χ1) is 24.6. The van der Waals surface area contributed by atoms with Crippen LogP contribution in [-0.4, -0.2) is 101 Å². The number of nitrogens with one attached hydrogen (secondary N) is 2. The van der Waals surface area contributed by atoms with Crippen molar-refractivity contribution in [2.45, 2.75) is 63.7 Å². The molecule has 0 unspecified atom stereocenters. The standard InChI is InChI=1S/C40H48N6O5/c1-26(2)21-34(37(41)47)45-19-20-46(35(39(45)49)23-27-9-5-4-6-10-27)40(50)36(24-29-25-43-32-12-8-7-11-31(29)32)44-18-17-42-33(38(44)48)22-28-13-15-30(51-3)16-14-28/h4-16,25-26,33-36,42-43H,17-24H2,1-3H3,(H2,41,47)/t33-,34-,35-,36-/m0/s1. The zero-order valence-electron chi connectivity index (χ0n) is 29.6. The number of hydrogen-bond donors (Lipinski definition) is 3. The molecule has 1 aromatic heterocycles. The smallest absolute Gasteiger partial charge is 0.246 e. The predicted molar refractivity (Wildman–Crippen MR) is 196 cm³/mol. The maximum Gasteiger partial charge on any atom is 0.246 e. The van der Waals surface area contributed by atoms with Crippen LogP contribution in [0.25, 0.3) is 10.9 Å². The van der Waals surface area contributed by atoms with Crippen LogP contribution in [0.5, 0.6) is 5.75 Å². The van der Waals surface area contributed by atoms with Crippen molar-refractivity contribution in [1.82, 2.24) is 25.0 Å². The minimum Gasteiger partial charge on any atom is -0.497 e. The Morgan fingerprint density at radius 1 is 0.843 bits per heavy atom. The molecule has 0 spiro atoms. The molecule has 0 bridgehead atoms. The van der Waals surface area contributed by atoms with Crippen molar-refractivity contribution in [2.75, 3.05) is 33.3 Å². The molecule has 0 radical (unpaired) electrons. The summed E-state index contributed by atoms with van der Waals surface area (Å²) in [7, 11) is 1.61. The first-order valence-corrected chi connectivity index (χ1v) is 17.8. The van der Waals surface area contributed by atoms with E-state index in [-0.39, 0.29) is 49.6 Å². The molecule has 4 N–H and O–H groups in total. The number of benzene rings is 3. The van der Waals surface area contributed by atoms with Crippen LogP contribution in [0, 0.1) is 5.92 Å². The van der Waals surface area contributed by atoms with E-state index in [9.17, 15) is 14.4 Å². The van der Waals surface area contributed by atoms with Gasteiger partial charge in [-0.25, -0.2) is 0 Å². The first kappa shape index (κ1) is 35.7. The number of hydrogen-bond acceptors (Lipinski definition) is 6. The van der Waals surface area contributed by atoms with Gasteiger partial charge in [0.15, 0.2) is 0 Å². The minimum absolute atomic E-state index is 0.132. The van der Waals surface area contributed by atoms with Crippen molar-refractivity contribution >= 4 is 34.5 Å². The molecule has 2 aliphatic heterocycles. The normalized spacial score (nSPS) is 19.4. The third kappa shape index (κ3) is 7.93. The van der Waals surface area contributed by atoms with Gasteiger partial charge in [-0.2, -0.15) is 0 Å². The summed E-state index contributed by atoms with van der Waals surface area (Å²) < 4.78 is 5.31. The quantitative estimate of drug-likeness (QED) is 0.197. The monoisotopic (exact) mass is 692 g/mol. The lowest BCUT2D eigenvalue weighted by atomic mass is 9.94. The van der Waals surface area contributed by atoms with Gasteiger partial charge in [-0.3, -0.25) is 19.2 Å². The molecule has 51 heavy (non-hydrogen) atoms. The Labute approximate surface area is 299 Å². The van der Waals surface area contributed by atoms with Crippen molar-refractivity contribution in [3.05, 3.63) is 102 Å². The molecular weight excluding hydrogens is 644 g/mol. The Hall–Kier alpha value is -5.16. The van der Waals surface area contributed by atoms with E-state index in [4.69, 9.17) is 10.5 Å². The topological polar surface area (TPSA) is 141 Å². The minimum atomic E-state index is -0.874. The number of carbonyl (C=O) groups excluding carboxylic acids is 4. The van der Waals surface area contributed by atoms with Gasteiger partial charge in [0.1, 0.15) is 23.9 Å². The van der Waals surface area contributed by atoms with Crippen molar-refractivity contribution in [3.63, 3.8) is 0 Å². The number of nitrogens with zero attached hydrogens (tertiary/aromatic N) is 3. The number of piperazine rings is 2. The summed E-state index contributed by atoms with van der Waals surface area (Å²) in [6.45, 7) is 5.22. The SMILES string of the molecule is COc1ccc(C[C@@H]2NCCN([C@@H](Cc3c[nH]c4ccccc34)C(=O)N3CCN([C@@H](CC(C)C)C(N)=O)C(=O)[C@@H]3Cc3ccccc3)C2=O)cc1. The molecule has 2 aliphatic rings. The van der Waals surface area contributed by atoms with Gasteiger partial charge in [-0.1, -0.05) is 74.5 Å². The van der Waals surface area contributed by atoms with Crippen LogP contribution in [0.3, 0.4) is 0 Å². The third-order valence-corrected chi connectivity index (χ3v) is 10.2. The lowest BCUT2D eigenvalue weighted by Gasteiger charge is -2.46. The number of aromatic amines is 1. The molecule has 6 rings (SSSR count). The Morgan fingerprint density at radius 3 is 2.24 bits per heavy atom. The fourth-order valence-electron chi connectivity index (χ4n) is 7.51. The van der Waals surface area contributed by atoms with Gasteiger partial charge in [0, 0.05) is 56.1 Å². The number of ether oxygens (including phenoxy) is 1. The molecule has 3 aromatic carbocycles. The molecule has 3 heterocycles. The van der Waals surface area contributed by atoms with E-state index in [0.29, 0.717) is 25.9 Å². The molecule has 4 atom stereocenters. The third-order valence-electron chi connectivity index (χ3n) is 10.2. The van der Waals surface area contributed by atoms with Crippen molar-refractivity contribution in [2.24, 2.45) is 11.7 Å².